The van der Waals surface area contributed by atoms with Crippen LogP contribution in [-0.4, -0.2) is 50.8 Å². The van der Waals surface area contributed by atoms with E-state index in [1.165, 1.54) is 6.92 Å². The predicted octanol–water partition coefficient (Wildman–Crippen LogP) is 1.20. The van der Waals surface area contributed by atoms with E-state index in [1.54, 1.807) is 0 Å². The van der Waals surface area contributed by atoms with E-state index >= 15 is 0 Å². The van der Waals surface area contributed by atoms with Crippen LogP contribution in [0.2, 0.25) is 0 Å². The van der Waals surface area contributed by atoms with Crippen molar-refractivity contribution in [3.63, 3.8) is 0 Å². The molecule has 17 heavy (non-hydrogen) atoms. The molecule has 0 saturated heterocycles. The van der Waals surface area contributed by atoms with E-state index in [1.807, 2.05) is 6.92 Å². The van der Waals surface area contributed by atoms with Crippen molar-refractivity contribution in [3.05, 3.63) is 0 Å². The highest BCUT2D eigenvalue weighted by Crippen LogP contribution is 2.18. The lowest BCUT2D eigenvalue weighted by atomic mass is 10.5. The van der Waals surface area contributed by atoms with Gasteiger partial charge in [0.25, 0.3) is 0 Å². The summed E-state index contributed by atoms with van der Waals surface area (Å²) in [6.07, 6.45) is -3.65. The third-order valence-corrected chi connectivity index (χ3v) is 3.96. The summed E-state index contributed by atoms with van der Waals surface area (Å²) in [4.78, 5) is 0. The first-order valence-electron chi connectivity index (χ1n) is 5.48. The van der Waals surface area contributed by atoms with Gasteiger partial charge in [0.15, 0.2) is 0 Å². The van der Waals surface area contributed by atoms with Crippen molar-refractivity contribution in [2.45, 2.75) is 26.4 Å². The predicted molar refractivity (Wildman–Crippen MR) is 60.2 cm³/mol. The summed E-state index contributed by atoms with van der Waals surface area (Å²) in [6.45, 7) is 2.55. The van der Waals surface area contributed by atoms with Crippen LogP contribution in [0.4, 0.5) is 13.2 Å². The Hall–Kier alpha value is -0.340. The van der Waals surface area contributed by atoms with Crippen molar-refractivity contribution in [2.75, 3.05) is 31.9 Å². The standard InChI is InChI=1S/C9H19F3N2O2S/c1-3-5-13-6-7-17(15,16)14(4-2)8-9(10,11)12/h13H,3-8H2,1-2H3. The quantitative estimate of drug-likeness (QED) is 0.678. The molecule has 0 aliphatic rings. The molecule has 0 aliphatic carbocycles. The highest BCUT2D eigenvalue weighted by molar-refractivity contribution is 7.89. The van der Waals surface area contributed by atoms with Gasteiger partial charge in [0.1, 0.15) is 6.54 Å². The number of alkyl halides is 3. The van der Waals surface area contributed by atoms with Crippen LogP contribution in [0.5, 0.6) is 0 Å². The van der Waals surface area contributed by atoms with Crippen LogP contribution in [0.25, 0.3) is 0 Å². The van der Waals surface area contributed by atoms with Crippen molar-refractivity contribution in [1.29, 1.82) is 0 Å². The summed E-state index contributed by atoms with van der Waals surface area (Å²) in [6, 6.07) is 0. The van der Waals surface area contributed by atoms with Crippen molar-refractivity contribution < 1.29 is 21.6 Å². The summed E-state index contributed by atoms with van der Waals surface area (Å²) in [5, 5.41) is 2.85. The van der Waals surface area contributed by atoms with Crippen molar-refractivity contribution in [1.82, 2.24) is 9.62 Å². The van der Waals surface area contributed by atoms with Gasteiger partial charge in [-0.3, -0.25) is 0 Å². The second kappa shape index (κ2) is 7.17. The topological polar surface area (TPSA) is 49.4 Å². The molecule has 0 saturated carbocycles. The van der Waals surface area contributed by atoms with E-state index in [0.717, 1.165) is 6.42 Å². The van der Waals surface area contributed by atoms with Gasteiger partial charge in [-0.2, -0.15) is 17.5 Å². The second-order valence-electron chi connectivity index (χ2n) is 3.61. The molecule has 0 aromatic carbocycles. The zero-order valence-corrected chi connectivity index (χ0v) is 10.9. The molecule has 0 aliphatic heterocycles. The average molecular weight is 276 g/mol. The highest BCUT2D eigenvalue weighted by atomic mass is 32.2. The minimum absolute atomic E-state index is 0.171. The lowest BCUT2D eigenvalue weighted by molar-refractivity contribution is -0.135. The molecule has 0 radical (unpaired) electrons. The van der Waals surface area contributed by atoms with E-state index in [-0.39, 0.29) is 18.8 Å². The Bertz CT molecular complexity index is 304. The van der Waals surface area contributed by atoms with Crippen molar-refractivity contribution in [2.24, 2.45) is 0 Å². The fraction of sp³-hybridized carbons (Fsp3) is 1.00. The summed E-state index contributed by atoms with van der Waals surface area (Å²) in [5.41, 5.74) is 0. The molecular formula is C9H19F3N2O2S. The Morgan fingerprint density at radius 1 is 1.18 bits per heavy atom. The summed E-state index contributed by atoms with van der Waals surface area (Å²) in [7, 11) is -3.84. The first-order valence-corrected chi connectivity index (χ1v) is 7.09. The second-order valence-corrected chi connectivity index (χ2v) is 5.70. The van der Waals surface area contributed by atoms with Crippen LogP contribution in [0.15, 0.2) is 0 Å². The normalized spacial score (nSPS) is 13.3. The van der Waals surface area contributed by atoms with Crippen LogP contribution in [-0.2, 0) is 10.0 Å². The average Bonchev–Trinajstić information content (AvgIpc) is 2.19. The number of nitrogens with zero attached hydrogens (tertiary/aromatic N) is 1. The number of nitrogens with one attached hydrogen (secondary N) is 1. The van der Waals surface area contributed by atoms with Crippen LogP contribution in [0.1, 0.15) is 20.3 Å². The number of hydrogen-bond donors (Lipinski definition) is 1. The lowest BCUT2D eigenvalue weighted by Gasteiger charge is -2.21. The Morgan fingerprint density at radius 3 is 2.18 bits per heavy atom. The zero-order chi connectivity index (χ0) is 13.5. The summed E-state index contributed by atoms with van der Waals surface area (Å²) in [5.74, 6) is -0.309. The van der Waals surface area contributed by atoms with Crippen LogP contribution in [0, 0.1) is 0 Å². The largest absolute Gasteiger partial charge is 0.402 e. The fourth-order valence-corrected chi connectivity index (χ4v) is 2.64. The maximum atomic E-state index is 12.1. The molecule has 104 valence electrons. The van der Waals surface area contributed by atoms with E-state index in [9.17, 15) is 21.6 Å². The van der Waals surface area contributed by atoms with Crippen molar-refractivity contribution in [3.8, 4) is 0 Å². The van der Waals surface area contributed by atoms with E-state index in [2.05, 4.69) is 5.32 Å². The van der Waals surface area contributed by atoms with Gasteiger partial charge in [-0.25, -0.2) is 8.42 Å². The van der Waals surface area contributed by atoms with Gasteiger partial charge >= 0.3 is 6.18 Å². The minimum atomic E-state index is -4.50. The van der Waals surface area contributed by atoms with E-state index in [0.29, 0.717) is 10.8 Å². The highest BCUT2D eigenvalue weighted by Gasteiger charge is 2.35. The number of rotatable bonds is 8. The Morgan fingerprint density at radius 2 is 1.76 bits per heavy atom. The molecular weight excluding hydrogens is 257 g/mol. The third-order valence-electron chi connectivity index (χ3n) is 2.07. The van der Waals surface area contributed by atoms with Gasteiger partial charge in [-0.15, -0.1) is 0 Å². The van der Waals surface area contributed by atoms with Crippen LogP contribution in [0.3, 0.4) is 0 Å². The smallest absolute Gasteiger partial charge is 0.316 e. The minimum Gasteiger partial charge on any atom is -0.316 e. The van der Waals surface area contributed by atoms with E-state index < -0.39 is 22.7 Å². The van der Waals surface area contributed by atoms with Gasteiger partial charge in [0.05, 0.1) is 5.75 Å². The Labute approximate surface area is 100 Å². The van der Waals surface area contributed by atoms with Crippen LogP contribution >= 0.6 is 0 Å². The number of halogens is 3. The fourth-order valence-electron chi connectivity index (χ4n) is 1.24. The monoisotopic (exact) mass is 276 g/mol. The van der Waals surface area contributed by atoms with Crippen molar-refractivity contribution >= 4 is 10.0 Å². The first kappa shape index (κ1) is 16.7. The maximum absolute atomic E-state index is 12.1. The molecule has 0 bridgehead atoms. The number of sulfonamides is 1. The maximum Gasteiger partial charge on any atom is 0.402 e. The SMILES string of the molecule is CCCNCCS(=O)(=O)N(CC)CC(F)(F)F. The van der Waals surface area contributed by atoms with E-state index in [4.69, 9.17) is 0 Å². The van der Waals surface area contributed by atoms with Gasteiger partial charge in [-0.1, -0.05) is 13.8 Å². The molecule has 4 nitrogen and oxygen atoms in total. The zero-order valence-electron chi connectivity index (χ0n) is 10.0. The molecule has 0 unspecified atom stereocenters. The molecule has 0 spiro atoms. The molecule has 0 atom stereocenters. The molecule has 0 rings (SSSR count). The molecule has 0 aromatic rings. The molecule has 8 heteroatoms. The van der Waals surface area contributed by atoms with Gasteiger partial charge in [0, 0.05) is 13.1 Å². The molecule has 0 heterocycles. The molecule has 0 fully saturated rings. The van der Waals surface area contributed by atoms with Gasteiger partial charge in [0.2, 0.25) is 10.0 Å². The molecule has 1 N–H and O–H groups in total. The lowest BCUT2D eigenvalue weighted by Crippen LogP contribution is -2.41. The first-order chi connectivity index (χ1) is 7.73. The van der Waals surface area contributed by atoms with Crippen LogP contribution < -0.4 is 5.32 Å². The molecule has 0 aromatic heterocycles. The number of hydrogen-bond acceptors (Lipinski definition) is 3. The van der Waals surface area contributed by atoms with Gasteiger partial charge in [-0.05, 0) is 13.0 Å². The third kappa shape index (κ3) is 7.56. The Kier molecular flexibility index (Phi) is 7.03. The summed E-state index contributed by atoms with van der Waals surface area (Å²) < 4.78 is 60.1. The summed E-state index contributed by atoms with van der Waals surface area (Å²) >= 11 is 0. The Balaban J connectivity index is 4.34. The van der Waals surface area contributed by atoms with Gasteiger partial charge < -0.3 is 5.32 Å². The molecule has 0 amide bonds.